The lowest BCUT2D eigenvalue weighted by molar-refractivity contribution is -0.223. The molecule has 0 radical (unpaired) electrons. The lowest BCUT2D eigenvalue weighted by atomic mass is 9.96. The van der Waals surface area contributed by atoms with Crippen LogP contribution in [0.2, 0.25) is 0 Å². The minimum absolute atomic E-state index is 0.330. The largest absolute Gasteiger partial charge is 0.487 e. The van der Waals surface area contributed by atoms with Crippen LogP contribution in [0.4, 0.5) is 0 Å². The first kappa shape index (κ1) is 30.5. The fraction of sp³-hybridized carbons (Fsp3) is 0.263. The van der Waals surface area contributed by atoms with Gasteiger partial charge in [0.25, 0.3) is 0 Å². The molecule has 0 saturated carbocycles. The third kappa shape index (κ3) is 9.24. The van der Waals surface area contributed by atoms with Gasteiger partial charge in [-0.05, 0) is 34.8 Å². The van der Waals surface area contributed by atoms with Crippen molar-refractivity contribution in [2.75, 3.05) is 6.61 Å². The van der Waals surface area contributed by atoms with Crippen molar-refractivity contribution in [2.45, 2.75) is 57.3 Å². The SMILES string of the molecule is C=CC/C=C1\OC(COCc2ccccc2)C(OCc2ccccc2)C(OCc2ccccc2)[C@@H]1OCc1ccccc1. The molecule has 3 unspecified atom stereocenters. The molecule has 1 heterocycles. The first-order valence-electron chi connectivity index (χ1n) is 14.9. The summed E-state index contributed by atoms with van der Waals surface area (Å²) in [5.41, 5.74) is 4.32. The van der Waals surface area contributed by atoms with E-state index in [0.29, 0.717) is 45.2 Å². The minimum Gasteiger partial charge on any atom is -0.487 e. The highest BCUT2D eigenvalue weighted by Gasteiger charge is 2.46. The summed E-state index contributed by atoms with van der Waals surface area (Å²) in [5, 5.41) is 0. The maximum atomic E-state index is 6.72. The van der Waals surface area contributed by atoms with Crippen molar-refractivity contribution in [1.29, 1.82) is 0 Å². The zero-order valence-corrected chi connectivity index (χ0v) is 24.5. The molecule has 5 nitrogen and oxygen atoms in total. The predicted octanol–water partition coefficient (Wildman–Crippen LogP) is 7.82. The molecular weight excluding hydrogens is 536 g/mol. The van der Waals surface area contributed by atoms with Crippen LogP contribution in [0, 0.1) is 0 Å². The maximum Gasteiger partial charge on any atom is 0.150 e. The Morgan fingerprint density at radius 3 is 1.49 bits per heavy atom. The van der Waals surface area contributed by atoms with E-state index >= 15 is 0 Å². The van der Waals surface area contributed by atoms with E-state index in [0.717, 1.165) is 22.3 Å². The Bertz CT molecular complexity index is 1380. The first-order valence-corrected chi connectivity index (χ1v) is 14.9. The smallest absolute Gasteiger partial charge is 0.150 e. The van der Waals surface area contributed by atoms with Crippen molar-refractivity contribution in [3.05, 3.63) is 168 Å². The summed E-state index contributed by atoms with van der Waals surface area (Å²) in [5.74, 6) is 0.710. The number of benzene rings is 4. The van der Waals surface area contributed by atoms with Gasteiger partial charge < -0.3 is 23.7 Å². The summed E-state index contributed by atoms with van der Waals surface area (Å²) in [7, 11) is 0. The average molecular weight is 577 g/mol. The summed E-state index contributed by atoms with van der Waals surface area (Å²) in [6.45, 7) is 5.95. The number of allylic oxidation sites excluding steroid dienone is 2. The van der Waals surface area contributed by atoms with Gasteiger partial charge in [-0.15, -0.1) is 6.58 Å². The van der Waals surface area contributed by atoms with Crippen LogP contribution in [0.5, 0.6) is 0 Å². The molecule has 0 N–H and O–H groups in total. The lowest BCUT2D eigenvalue weighted by Gasteiger charge is -2.43. The van der Waals surface area contributed by atoms with Crippen molar-refractivity contribution in [2.24, 2.45) is 0 Å². The van der Waals surface area contributed by atoms with E-state index < -0.39 is 24.4 Å². The molecule has 1 aliphatic heterocycles. The molecule has 5 heteroatoms. The topological polar surface area (TPSA) is 46.2 Å². The maximum absolute atomic E-state index is 6.72. The van der Waals surface area contributed by atoms with Crippen LogP contribution >= 0.6 is 0 Å². The molecule has 4 aromatic carbocycles. The monoisotopic (exact) mass is 576 g/mol. The Hall–Kier alpha value is -4.00. The Labute approximate surface area is 255 Å². The van der Waals surface area contributed by atoms with Crippen molar-refractivity contribution >= 4 is 0 Å². The number of hydrogen-bond donors (Lipinski definition) is 0. The van der Waals surface area contributed by atoms with Gasteiger partial charge in [0.15, 0.2) is 6.10 Å². The fourth-order valence-corrected chi connectivity index (χ4v) is 5.07. The third-order valence-corrected chi connectivity index (χ3v) is 7.28. The van der Waals surface area contributed by atoms with Crippen molar-refractivity contribution in [1.82, 2.24) is 0 Å². The first-order chi connectivity index (χ1) is 21.3. The molecule has 1 saturated heterocycles. The van der Waals surface area contributed by atoms with Crippen molar-refractivity contribution in [3.63, 3.8) is 0 Å². The molecule has 43 heavy (non-hydrogen) atoms. The van der Waals surface area contributed by atoms with E-state index in [1.807, 2.05) is 84.9 Å². The summed E-state index contributed by atoms with van der Waals surface area (Å²) in [6.07, 6.45) is 2.70. The van der Waals surface area contributed by atoms with Crippen LogP contribution < -0.4 is 0 Å². The van der Waals surface area contributed by atoms with Gasteiger partial charge in [0.05, 0.1) is 33.0 Å². The second-order valence-electron chi connectivity index (χ2n) is 10.5. The van der Waals surface area contributed by atoms with Gasteiger partial charge in [-0.25, -0.2) is 0 Å². The molecule has 5 rings (SSSR count). The molecular formula is C38H40O5. The van der Waals surface area contributed by atoms with E-state index in [9.17, 15) is 0 Å². The lowest BCUT2D eigenvalue weighted by Crippen LogP contribution is -2.56. The van der Waals surface area contributed by atoms with Crippen LogP contribution in [-0.4, -0.2) is 31.0 Å². The summed E-state index contributed by atoms with van der Waals surface area (Å²) < 4.78 is 32.9. The van der Waals surface area contributed by atoms with Gasteiger partial charge >= 0.3 is 0 Å². The highest BCUT2D eigenvalue weighted by atomic mass is 16.6. The third-order valence-electron chi connectivity index (χ3n) is 7.28. The molecule has 1 aliphatic rings. The molecule has 0 amide bonds. The Kier molecular flexibility index (Phi) is 11.7. The highest BCUT2D eigenvalue weighted by Crippen LogP contribution is 2.33. The zero-order chi connectivity index (χ0) is 29.5. The normalized spacial score (nSPS) is 20.9. The van der Waals surface area contributed by atoms with Crippen LogP contribution in [0.15, 0.2) is 146 Å². The van der Waals surface area contributed by atoms with Crippen LogP contribution in [-0.2, 0) is 50.1 Å². The van der Waals surface area contributed by atoms with Crippen molar-refractivity contribution < 1.29 is 23.7 Å². The molecule has 0 spiro atoms. The molecule has 4 atom stereocenters. The summed E-state index contributed by atoms with van der Waals surface area (Å²) in [4.78, 5) is 0. The predicted molar refractivity (Wildman–Crippen MR) is 169 cm³/mol. The van der Waals surface area contributed by atoms with E-state index in [1.54, 1.807) is 0 Å². The molecule has 1 fully saturated rings. The van der Waals surface area contributed by atoms with Gasteiger partial charge in [-0.2, -0.15) is 0 Å². The van der Waals surface area contributed by atoms with Gasteiger partial charge in [0.2, 0.25) is 0 Å². The van der Waals surface area contributed by atoms with E-state index in [4.69, 9.17) is 23.7 Å². The second-order valence-corrected chi connectivity index (χ2v) is 10.5. The average Bonchev–Trinajstić information content (AvgIpc) is 3.07. The van der Waals surface area contributed by atoms with Gasteiger partial charge in [-0.3, -0.25) is 0 Å². The van der Waals surface area contributed by atoms with Crippen LogP contribution in [0.3, 0.4) is 0 Å². The standard InChI is InChI=1S/C38H40O5/c1-2-3-24-34-36(40-26-31-18-10-5-11-19-31)38(42-28-33-22-14-7-15-23-33)37(41-27-32-20-12-6-13-21-32)35(43-34)29-39-25-30-16-8-4-9-17-30/h2,4-24,35-38H,1,3,25-29H2/b34-24-/t35?,36-,37?,38?/m1/s1. The van der Waals surface area contributed by atoms with Gasteiger partial charge in [0.1, 0.15) is 24.1 Å². The minimum atomic E-state index is -0.491. The second kappa shape index (κ2) is 16.6. The van der Waals surface area contributed by atoms with Gasteiger partial charge in [-0.1, -0.05) is 127 Å². The molecule has 0 aliphatic carbocycles. The fourth-order valence-electron chi connectivity index (χ4n) is 5.07. The Morgan fingerprint density at radius 2 is 1.00 bits per heavy atom. The summed E-state index contributed by atoms with van der Waals surface area (Å²) in [6, 6.07) is 40.6. The van der Waals surface area contributed by atoms with Crippen LogP contribution in [0.25, 0.3) is 0 Å². The van der Waals surface area contributed by atoms with Crippen molar-refractivity contribution in [3.8, 4) is 0 Å². The van der Waals surface area contributed by atoms with Crippen LogP contribution in [0.1, 0.15) is 28.7 Å². The number of rotatable bonds is 15. The molecule has 4 aromatic rings. The quantitative estimate of drug-likeness (QED) is 0.135. The molecule has 0 bridgehead atoms. The Balaban J connectivity index is 1.43. The van der Waals surface area contributed by atoms with Gasteiger partial charge in [0, 0.05) is 0 Å². The van der Waals surface area contributed by atoms with E-state index in [2.05, 4.69) is 55.1 Å². The number of hydrogen-bond acceptors (Lipinski definition) is 5. The zero-order valence-electron chi connectivity index (χ0n) is 24.5. The molecule has 222 valence electrons. The summed E-state index contributed by atoms with van der Waals surface area (Å²) >= 11 is 0. The Morgan fingerprint density at radius 1 is 0.558 bits per heavy atom. The van der Waals surface area contributed by atoms with E-state index in [-0.39, 0.29) is 0 Å². The van der Waals surface area contributed by atoms with E-state index in [1.165, 1.54) is 0 Å². The number of ether oxygens (including phenoxy) is 5. The molecule has 0 aromatic heterocycles. The highest BCUT2D eigenvalue weighted by molar-refractivity contribution is 5.19.